The highest BCUT2D eigenvalue weighted by molar-refractivity contribution is 5.95. The molecule has 3 N–H and O–H groups in total. The summed E-state index contributed by atoms with van der Waals surface area (Å²) < 4.78 is 5.82. The monoisotopic (exact) mass is 340 g/mol. The Morgan fingerprint density at radius 1 is 1.08 bits per heavy atom. The number of rotatable bonds is 4. The van der Waals surface area contributed by atoms with Crippen molar-refractivity contribution in [1.29, 1.82) is 0 Å². The number of hydrogen-bond acceptors (Lipinski definition) is 3. The van der Waals surface area contributed by atoms with E-state index in [1.54, 1.807) is 12.1 Å². The second kappa shape index (κ2) is 7.28. The Hall–Kier alpha value is -2.33. The summed E-state index contributed by atoms with van der Waals surface area (Å²) in [5, 5.41) is 12.9. The molecule has 0 atom stereocenters. The van der Waals surface area contributed by atoms with Crippen LogP contribution in [0.25, 0.3) is 11.1 Å². The molecule has 25 heavy (non-hydrogen) atoms. The van der Waals surface area contributed by atoms with E-state index < -0.39 is 11.6 Å². The van der Waals surface area contributed by atoms with Crippen molar-refractivity contribution in [2.45, 2.75) is 32.3 Å². The summed E-state index contributed by atoms with van der Waals surface area (Å²) in [7, 11) is 0. The van der Waals surface area contributed by atoms with Crippen LogP contribution in [0.5, 0.6) is 5.75 Å². The lowest BCUT2D eigenvalue weighted by Crippen LogP contribution is -2.86. The van der Waals surface area contributed by atoms with E-state index in [1.165, 1.54) is 0 Å². The molecule has 0 spiro atoms. The summed E-state index contributed by atoms with van der Waals surface area (Å²) in [5.41, 5.74) is 1.19. The molecule has 1 aliphatic heterocycles. The van der Waals surface area contributed by atoms with Gasteiger partial charge in [0.25, 0.3) is 0 Å². The van der Waals surface area contributed by atoms with Gasteiger partial charge in [0.1, 0.15) is 16.9 Å². The Morgan fingerprint density at radius 3 is 2.44 bits per heavy atom. The molecule has 0 aromatic heterocycles. The largest absolute Gasteiger partial charge is 0.506 e. The lowest BCUT2D eigenvalue weighted by atomic mass is 9.83. The van der Waals surface area contributed by atoms with Crippen LogP contribution in [-0.4, -0.2) is 29.8 Å². The number of esters is 1. The molecule has 0 saturated carbocycles. The summed E-state index contributed by atoms with van der Waals surface area (Å²) in [6.45, 7) is 6.08. The molecule has 3 rings (SSSR count). The van der Waals surface area contributed by atoms with Crippen molar-refractivity contribution in [2.75, 3.05) is 13.1 Å². The van der Waals surface area contributed by atoms with E-state index >= 15 is 0 Å². The SMILES string of the molecule is CC(C)(OC(=O)c1cccc(-c2ccccc2)c1O)C1CC[NH2+]CC1. The standard InChI is InChI=1S/C21H25NO3/c1-21(2,16-11-13-22-14-12-16)25-20(24)18-10-6-9-17(19(18)23)15-7-4-3-5-8-15/h3-10,16,22-23H,11-14H2,1-2H3/p+1. The van der Waals surface area contributed by atoms with Crippen LogP contribution in [0.2, 0.25) is 0 Å². The Kier molecular flexibility index (Phi) is 5.09. The van der Waals surface area contributed by atoms with Crippen molar-refractivity contribution in [3.63, 3.8) is 0 Å². The molecule has 0 radical (unpaired) electrons. The zero-order valence-electron chi connectivity index (χ0n) is 14.9. The minimum Gasteiger partial charge on any atom is -0.506 e. The second-order valence-corrected chi connectivity index (χ2v) is 7.20. The molecule has 4 nitrogen and oxygen atoms in total. The fourth-order valence-electron chi connectivity index (χ4n) is 3.56. The normalized spacial score (nSPS) is 15.8. The van der Waals surface area contributed by atoms with Crippen LogP contribution < -0.4 is 5.32 Å². The van der Waals surface area contributed by atoms with Crippen LogP contribution in [0.4, 0.5) is 0 Å². The predicted molar refractivity (Wildman–Crippen MR) is 97.4 cm³/mol. The number of quaternary nitrogens is 1. The number of carbonyl (C=O) groups is 1. The van der Waals surface area contributed by atoms with E-state index in [9.17, 15) is 9.90 Å². The number of phenolic OH excluding ortho intramolecular Hbond substituents is 1. The smallest absolute Gasteiger partial charge is 0.342 e. The van der Waals surface area contributed by atoms with Gasteiger partial charge in [-0.3, -0.25) is 0 Å². The van der Waals surface area contributed by atoms with Gasteiger partial charge in [-0.05, 0) is 25.5 Å². The van der Waals surface area contributed by atoms with Gasteiger partial charge in [-0.25, -0.2) is 4.79 Å². The van der Waals surface area contributed by atoms with Crippen molar-refractivity contribution in [2.24, 2.45) is 5.92 Å². The van der Waals surface area contributed by atoms with Crippen molar-refractivity contribution < 1.29 is 20.0 Å². The van der Waals surface area contributed by atoms with Crippen LogP contribution >= 0.6 is 0 Å². The van der Waals surface area contributed by atoms with Crippen molar-refractivity contribution >= 4 is 5.97 Å². The number of carbonyl (C=O) groups excluding carboxylic acids is 1. The molecule has 1 saturated heterocycles. The van der Waals surface area contributed by atoms with E-state index in [4.69, 9.17) is 4.74 Å². The van der Waals surface area contributed by atoms with Crippen molar-refractivity contribution in [3.05, 3.63) is 54.1 Å². The zero-order chi connectivity index (χ0) is 17.9. The Morgan fingerprint density at radius 2 is 1.76 bits per heavy atom. The van der Waals surface area contributed by atoms with Crippen LogP contribution in [0.3, 0.4) is 0 Å². The van der Waals surface area contributed by atoms with E-state index in [0.717, 1.165) is 31.5 Å². The van der Waals surface area contributed by atoms with Gasteiger partial charge < -0.3 is 15.2 Å². The number of phenols is 1. The molecule has 1 heterocycles. The molecule has 0 aliphatic carbocycles. The highest BCUT2D eigenvalue weighted by Gasteiger charge is 2.36. The first-order chi connectivity index (χ1) is 12.0. The first-order valence-corrected chi connectivity index (χ1v) is 8.91. The maximum atomic E-state index is 12.7. The van der Waals surface area contributed by atoms with Crippen LogP contribution in [0.1, 0.15) is 37.0 Å². The highest BCUT2D eigenvalue weighted by atomic mass is 16.6. The molecule has 2 aromatic carbocycles. The number of hydrogen-bond donors (Lipinski definition) is 2. The van der Waals surface area contributed by atoms with Gasteiger partial charge in [0.2, 0.25) is 0 Å². The summed E-state index contributed by atoms with van der Waals surface area (Å²) in [6, 6.07) is 14.8. The van der Waals surface area contributed by atoms with E-state index in [-0.39, 0.29) is 11.3 Å². The molecule has 0 bridgehead atoms. The minimum atomic E-state index is -0.541. The number of ether oxygens (including phenoxy) is 1. The molecule has 4 heteroatoms. The number of benzene rings is 2. The molecule has 132 valence electrons. The van der Waals surface area contributed by atoms with E-state index in [2.05, 4.69) is 5.32 Å². The van der Waals surface area contributed by atoms with E-state index in [0.29, 0.717) is 11.5 Å². The minimum absolute atomic E-state index is 0.0218. The van der Waals surface area contributed by atoms with Gasteiger partial charge in [-0.15, -0.1) is 0 Å². The third-order valence-corrected chi connectivity index (χ3v) is 5.12. The molecule has 2 aromatic rings. The number of aromatic hydroxyl groups is 1. The third kappa shape index (κ3) is 3.85. The van der Waals surface area contributed by atoms with Crippen molar-refractivity contribution in [3.8, 4) is 16.9 Å². The van der Waals surface area contributed by atoms with Gasteiger partial charge in [-0.1, -0.05) is 42.5 Å². The lowest BCUT2D eigenvalue weighted by Gasteiger charge is -2.35. The lowest BCUT2D eigenvalue weighted by molar-refractivity contribution is -0.665. The molecule has 0 unspecified atom stereocenters. The first kappa shape index (κ1) is 17.5. The molecule has 1 aliphatic rings. The fourth-order valence-corrected chi connectivity index (χ4v) is 3.56. The van der Waals surface area contributed by atoms with Crippen molar-refractivity contribution in [1.82, 2.24) is 0 Å². The Labute approximate surface area is 148 Å². The van der Waals surface area contributed by atoms with Gasteiger partial charge in [-0.2, -0.15) is 0 Å². The highest BCUT2D eigenvalue weighted by Crippen LogP contribution is 2.34. The van der Waals surface area contributed by atoms with Gasteiger partial charge in [0, 0.05) is 24.3 Å². The second-order valence-electron chi connectivity index (χ2n) is 7.20. The van der Waals surface area contributed by atoms with E-state index in [1.807, 2.05) is 50.2 Å². The van der Waals surface area contributed by atoms with Crippen LogP contribution in [-0.2, 0) is 4.74 Å². The Bertz CT molecular complexity index is 734. The summed E-state index contributed by atoms with van der Waals surface area (Å²) >= 11 is 0. The summed E-state index contributed by atoms with van der Waals surface area (Å²) in [5.74, 6) is -0.137. The predicted octanol–water partition coefficient (Wildman–Crippen LogP) is 2.97. The number of piperidine rings is 1. The Balaban J connectivity index is 1.83. The maximum absolute atomic E-state index is 12.7. The van der Waals surface area contributed by atoms with Gasteiger partial charge in [0.05, 0.1) is 13.1 Å². The summed E-state index contributed by atoms with van der Waals surface area (Å²) in [4.78, 5) is 12.7. The fraction of sp³-hybridized carbons (Fsp3) is 0.381. The van der Waals surface area contributed by atoms with Crippen LogP contribution in [0, 0.1) is 5.92 Å². The molecule has 0 amide bonds. The molecule has 1 fully saturated rings. The quantitative estimate of drug-likeness (QED) is 0.841. The average molecular weight is 340 g/mol. The average Bonchev–Trinajstić information content (AvgIpc) is 2.63. The van der Waals surface area contributed by atoms with Crippen LogP contribution in [0.15, 0.2) is 48.5 Å². The first-order valence-electron chi connectivity index (χ1n) is 8.91. The van der Waals surface area contributed by atoms with Gasteiger partial charge in [0.15, 0.2) is 0 Å². The third-order valence-electron chi connectivity index (χ3n) is 5.12. The molecular formula is C21H26NO3+. The molecular weight excluding hydrogens is 314 g/mol. The zero-order valence-corrected chi connectivity index (χ0v) is 14.9. The van der Waals surface area contributed by atoms with Gasteiger partial charge >= 0.3 is 5.97 Å². The number of nitrogens with two attached hydrogens (primary N) is 1. The maximum Gasteiger partial charge on any atom is 0.342 e. The topological polar surface area (TPSA) is 63.1 Å². The summed E-state index contributed by atoms with van der Waals surface area (Å²) in [6.07, 6.45) is 2.08. The number of para-hydroxylation sites is 1.